The van der Waals surface area contributed by atoms with Crippen molar-refractivity contribution in [3.8, 4) is 22.9 Å². The Labute approximate surface area is 251 Å². The van der Waals surface area contributed by atoms with E-state index in [1.165, 1.54) is 24.1 Å². The first-order valence-electron chi connectivity index (χ1n) is 13.1. The van der Waals surface area contributed by atoms with E-state index in [9.17, 15) is 9.63 Å². The molecule has 0 saturated heterocycles. The lowest BCUT2D eigenvalue weighted by Gasteiger charge is -2.21. The first kappa shape index (κ1) is 32.6. The Balaban J connectivity index is 0.00000108. The Morgan fingerprint density at radius 3 is 2.39 bits per heavy atom. The molecule has 2 atom stereocenters. The monoisotopic (exact) mass is 686 g/mol. The summed E-state index contributed by atoms with van der Waals surface area (Å²) >= 11 is 1.67. The van der Waals surface area contributed by atoms with Crippen LogP contribution >= 0.6 is 22.6 Å². The molecule has 0 fully saturated rings. The first-order chi connectivity index (χ1) is 19.2. The van der Waals surface area contributed by atoms with Crippen molar-refractivity contribution in [2.75, 3.05) is 6.61 Å². The molecule has 2 heterocycles. The number of halogens is 4. The molecule has 11 heteroatoms. The summed E-state index contributed by atoms with van der Waals surface area (Å²) in [5.74, 6) is 0.906. The Bertz CT molecular complexity index is 1360. The number of hydrogen-bond acceptors (Lipinski definition) is 7. The van der Waals surface area contributed by atoms with Gasteiger partial charge >= 0.3 is 6.47 Å². The van der Waals surface area contributed by atoms with Gasteiger partial charge < -0.3 is 14.6 Å². The predicted octanol–water partition coefficient (Wildman–Crippen LogP) is 7.07. The molecule has 1 aromatic carbocycles. The lowest BCUT2D eigenvalue weighted by Crippen LogP contribution is -2.22. The van der Waals surface area contributed by atoms with Gasteiger partial charge in [-0.3, -0.25) is 9.74 Å². The zero-order chi connectivity index (χ0) is 30.4. The highest BCUT2D eigenvalue weighted by atomic mass is 127. The summed E-state index contributed by atoms with van der Waals surface area (Å²) in [5, 5.41) is 9.88. The minimum absolute atomic E-state index is 0.0324. The lowest BCUT2D eigenvalue weighted by molar-refractivity contribution is -0.165. The molecule has 222 valence electrons. The third-order valence-corrected chi connectivity index (χ3v) is 7.16. The van der Waals surface area contributed by atoms with Crippen LogP contribution in [0.15, 0.2) is 36.5 Å². The van der Waals surface area contributed by atoms with Gasteiger partial charge in [-0.05, 0) is 104 Å². The molecule has 1 aliphatic rings. The zero-order valence-electron chi connectivity index (χ0n) is 23.6. The largest absolute Gasteiger partial charge is 0.478 e. The summed E-state index contributed by atoms with van der Waals surface area (Å²) in [7, 11) is 0. The summed E-state index contributed by atoms with van der Waals surface area (Å²) in [6, 6.07) is 8.31. The number of carbonyl (C=O) groups is 1. The number of ether oxygens (including phenoxy) is 2. The third kappa shape index (κ3) is 9.29. The van der Waals surface area contributed by atoms with Gasteiger partial charge in [0, 0.05) is 51.7 Å². The van der Waals surface area contributed by atoms with Crippen LogP contribution in [0.25, 0.3) is 11.1 Å². The first-order valence-corrected chi connectivity index (χ1v) is 14.1. The predicted molar refractivity (Wildman–Crippen MR) is 157 cm³/mol. The van der Waals surface area contributed by atoms with E-state index in [-0.39, 0.29) is 18.6 Å². The van der Waals surface area contributed by atoms with Crippen LogP contribution in [0.2, 0.25) is 0 Å². The fraction of sp³-hybridized carbons (Fsp3) is 0.433. The highest BCUT2D eigenvalue weighted by Gasteiger charge is 2.28. The van der Waals surface area contributed by atoms with E-state index in [1.807, 2.05) is 12.3 Å². The Kier molecular flexibility index (Phi) is 11.0. The highest BCUT2D eigenvalue weighted by Crippen LogP contribution is 2.41. The molecule has 2 unspecified atom stereocenters. The average Bonchev–Trinajstić information content (AvgIpc) is 3.26. The van der Waals surface area contributed by atoms with E-state index >= 15 is 8.78 Å². The number of hydrogen-bond donors (Lipinski definition) is 1. The zero-order valence-corrected chi connectivity index (χ0v) is 25.8. The minimum Gasteiger partial charge on any atom is -0.478 e. The normalized spacial score (nSPS) is 15.7. The molecular formula is C30H34F3IN2O5. The number of alkyl halides is 2. The molecule has 0 aliphatic heterocycles. The van der Waals surface area contributed by atoms with Gasteiger partial charge in [0.15, 0.2) is 3.68 Å². The van der Waals surface area contributed by atoms with Crippen LogP contribution in [0.1, 0.15) is 62.1 Å². The van der Waals surface area contributed by atoms with E-state index < -0.39 is 15.1 Å². The van der Waals surface area contributed by atoms with E-state index in [4.69, 9.17) is 14.3 Å². The molecule has 0 radical (unpaired) electrons. The molecule has 2 aromatic heterocycles. The van der Waals surface area contributed by atoms with Crippen LogP contribution in [0.5, 0.6) is 11.8 Å². The molecule has 0 saturated carbocycles. The number of benzene rings is 1. The van der Waals surface area contributed by atoms with Gasteiger partial charge in [-0.1, -0.05) is 6.92 Å². The van der Waals surface area contributed by atoms with Crippen molar-refractivity contribution in [1.29, 1.82) is 0 Å². The van der Waals surface area contributed by atoms with Crippen LogP contribution < -0.4 is 9.47 Å². The molecule has 1 N–H and O–H groups in total. The number of aliphatic hydroxyl groups is 1. The van der Waals surface area contributed by atoms with Crippen molar-refractivity contribution in [3.63, 3.8) is 0 Å². The van der Waals surface area contributed by atoms with Gasteiger partial charge in [-0.15, -0.1) is 0 Å². The second-order valence-electron chi connectivity index (χ2n) is 10.8. The van der Waals surface area contributed by atoms with Gasteiger partial charge in [0.25, 0.3) is 0 Å². The number of aryl methyl sites for hydroxylation is 1. The van der Waals surface area contributed by atoms with Crippen molar-refractivity contribution in [1.82, 2.24) is 9.97 Å². The molecule has 7 nitrogen and oxygen atoms in total. The molecule has 4 rings (SSSR count). The van der Waals surface area contributed by atoms with Crippen molar-refractivity contribution >= 4 is 29.1 Å². The fourth-order valence-corrected chi connectivity index (χ4v) is 5.00. The number of aromatic nitrogens is 2. The van der Waals surface area contributed by atoms with Crippen LogP contribution in [0.3, 0.4) is 0 Å². The SMILES string of the molecule is Cc1nc(OCCC(C)(C)O)ccc1-c1cc(COc2cc3c(cn2)CC(C)C3)c(F)cc1C(C)(F)I.O=COF. The van der Waals surface area contributed by atoms with Gasteiger partial charge in [0.05, 0.1) is 12.2 Å². The van der Waals surface area contributed by atoms with Gasteiger partial charge in [-0.25, -0.2) is 18.7 Å². The maximum absolute atomic E-state index is 15.2. The van der Waals surface area contributed by atoms with E-state index in [0.29, 0.717) is 53.1 Å². The number of rotatable bonds is 10. The fourth-order valence-electron chi connectivity index (χ4n) is 4.55. The number of nitrogens with zero attached hydrogens (tertiary/aromatic N) is 2. The summed E-state index contributed by atoms with van der Waals surface area (Å²) in [5.41, 5.74) is 3.99. The number of carbonyl (C=O) groups excluding carboxylic acids is 1. The second kappa shape index (κ2) is 13.8. The van der Waals surface area contributed by atoms with Gasteiger partial charge in [-0.2, -0.15) is 0 Å². The van der Waals surface area contributed by atoms with Crippen LogP contribution in [0.4, 0.5) is 13.3 Å². The average molecular weight is 687 g/mol. The minimum atomic E-state index is -1.81. The molecule has 0 spiro atoms. The Morgan fingerprint density at radius 2 is 1.78 bits per heavy atom. The quantitative estimate of drug-likeness (QED) is 0.139. The topological polar surface area (TPSA) is 90.8 Å². The molecule has 3 aromatic rings. The number of fused-ring (bicyclic) bond motifs is 1. The third-order valence-electron chi connectivity index (χ3n) is 6.58. The number of pyridine rings is 2. The summed E-state index contributed by atoms with van der Waals surface area (Å²) in [6.07, 6.45) is 4.28. The highest BCUT2D eigenvalue weighted by molar-refractivity contribution is 14.1. The molecule has 0 bridgehead atoms. The Hall–Kier alpha value is -2.93. The molecule has 0 amide bonds. The smallest absolute Gasteiger partial charge is 0.337 e. The van der Waals surface area contributed by atoms with Gasteiger partial charge in [0.2, 0.25) is 11.8 Å². The van der Waals surface area contributed by atoms with Gasteiger partial charge in [0.1, 0.15) is 12.4 Å². The van der Waals surface area contributed by atoms with E-state index in [2.05, 4.69) is 21.8 Å². The summed E-state index contributed by atoms with van der Waals surface area (Å²) in [4.78, 5) is 19.8. The summed E-state index contributed by atoms with van der Waals surface area (Å²) in [6.45, 7) is 8.83. The van der Waals surface area contributed by atoms with Crippen LogP contribution in [0, 0.1) is 18.7 Å². The Morgan fingerprint density at radius 1 is 1.10 bits per heavy atom. The van der Waals surface area contributed by atoms with Crippen LogP contribution in [-0.4, -0.2) is 33.8 Å². The maximum Gasteiger partial charge on any atom is 0.337 e. The lowest BCUT2D eigenvalue weighted by atomic mass is 9.94. The van der Waals surface area contributed by atoms with E-state index in [0.717, 1.165) is 12.8 Å². The van der Waals surface area contributed by atoms with E-state index in [1.54, 1.807) is 61.6 Å². The van der Waals surface area contributed by atoms with Crippen molar-refractivity contribution in [3.05, 3.63) is 70.3 Å². The van der Waals surface area contributed by atoms with Crippen LogP contribution in [-0.2, 0) is 32.9 Å². The maximum atomic E-state index is 15.2. The van der Waals surface area contributed by atoms with Crippen molar-refractivity contribution in [2.45, 2.75) is 69.8 Å². The molecular weight excluding hydrogens is 652 g/mol. The van der Waals surface area contributed by atoms with Crippen molar-refractivity contribution in [2.24, 2.45) is 5.92 Å². The molecule has 1 aliphatic carbocycles. The molecule has 41 heavy (non-hydrogen) atoms. The second-order valence-corrected chi connectivity index (χ2v) is 12.9. The van der Waals surface area contributed by atoms with Crippen molar-refractivity contribution < 1.29 is 37.6 Å². The standard InChI is InChI=1S/C29H33F2IN2O3.CHFO2/c1-17-10-19-13-27(33-15-20(19)11-17)37-16-21-12-23(24(14-25(21)30)29(5,31)32)22-6-7-26(34-18(22)2)36-9-8-28(3,4)35;2-4-1-3/h6-7,12-15,17,35H,8-11,16H2,1-5H3;1H. The summed E-state index contributed by atoms with van der Waals surface area (Å²) < 4.78 is 49.9.